The number of rotatable bonds is 7. The van der Waals surface area contributed by atoms with Gasteiger partial charge in [0.1, 0.15) is 18.4 Å². The Balaban J connectivity index is 1.42. The van der Waals surface area contributed by atoms with E-state index in [1.165, 1.54) is 24.3 Å². The summed E-state index contributed by atoms with van der Waals surface area (Å²) in [4.78, 5) is 36.3. The zero-order chi connectivity index (χ0) is 23.4. The fourth-order valence-electron chi connectivity index (χ4n) is 3.94. The van der Waals surface area contributed by atoms with Crippen molar-refractivity contribution in [1.29, 1.82) is 0 Å². The Morgan fingerprint density at radius 2 is 1.45 bits per heavy atom. The lowest BCUT2D eigenvalue weighted by atomic mass is 9.98. The first-order valence-corrected chi connectivity index (χ1v) is 10.4. The number of carboxylic acids is 1. The molecule has 0 aliphatic heterocycles. The maximum absolute atomic E-state index is 12.5. The summed E-state index contributed by atoms with van der Waals surface area (Å²) >= 11 is 0. The average molecular weight is 446 g/mol. The van der Waals surface area contributed by atoms with Crippen molar-refractivity contribution in [2.24, 2.45) is 0 Å². The Morgan fingerprint density at radius 3 is 2.03 bits per heavy atom. The second-order valence-electron chi connectivity index (χ2n) is 7.66. The van der Waals surface area contributed by atoms with Gasteiger partial charge in [0.25, 0.3) is 0 Å². The number of amides is 2. The van der Waals surface area contributed by atoms with Gasteiger partial charge in [-0.15, -0.1) is 0 Å². The van der Waals surface area contributed by atoms with Crippen molar-refractivity contribution in [1.82, 2.24) is 5.32 Å². The number of nitrogens with one attached hydrogen (secondary N) is 2. The molecule has 0 aromatic heterocycles. The number of carbonyl (C=O) groups excluding carboxylic acids is 2. The standard InChI is InChI=1S/C25H22N2O6/c28-16-11-9-15(10-12-16)26-24(31)22(13-23(29)30)27-25(32)33-14-21-19-7-3-1-5-17(19)18-6-2-4-8-20(18)21/h1-12,21-22,28H,13-14H2,(H,26,31)(H,27,32)(H,29,30). The van der Waals surface area contributed by atoms with Gasteiger partial charge >= 0.3 is 12.1 Å². The van der Waals surface area contributed by atoms with E-state index in [2.05, 4.69) is 10.6 Å². The average Bonchev–Trinajstić information content (AvgIpc) is 3.12. The number of carboxylic acid groups (broad SMARTS) is 1. The summed E-state index contributed by atoms with van der Waals surface area (Å²) in [5.74, 6) is -2.10. The summed E-state index contributed by atoms with van der Waals surface area (Å²) in [6.07, 6.45) is -1.50. The van der Waals surface area contributed by atoms with Crippen LogP contribution >= 0.6 is 0 Å². The summed E-state index contributed by atoms with van der Waals surface area (Å²) in [5.41, 5.74) is 4.60. The summed E-state index contributed by atoms with van der Waals surface area (Å²) in [6.45, 7) is 0.0409. The number of aromatic hydroxyl groups is 1. The van der Waals surface area contributed by atoms with Crippen molar-refractivity contribution in [3.8, 4) is 16.9 Å². The molecule has 0 fully saturated rings. The van der Waals surface area contributed by atoms with E-state index < -0.39 is 30.4 Å². The molecule has 33 heavy (non-hydrogen) atoms. The Kier molecular flexibility index (Phi) is 6.26. The zero-order valence-corrected chi connectivity index (χ0v) is 17.5. The maximum Gasteiger partial charge on any atom is 0.407 e. The molecule has 0 saturated carbocycles. The Hall–Kier alpha value is -4.33. The SMILES string of the molecule is O=C(O)CC(NC(=O)OCC1c2ccccc2-c2ccccc21)C(=O)Nc1ccc(O)cc1. The van der Waals surface area contributed by atoms with Crippen molar-refractivity contribution in [3.63, 3.8) is 0 Å². The van der Waals surface area contributed by atoms with E-state index in [0.717, 1.165) is 22.3 Å². The Labute approximate surface area is 189 Å². The van der Waals surface area contributed by atoms with Crippen LogP contribution in [0.2, 0.25) is 0 Å². The molecule has 8 heteroatoms. The van der Waals surface area contributed by atoms with Gasteiger partial charge in [0.2, 0.25) is 5.91 Å². The summed E-state index contributed by atoms with van der Waals surface area (Å²) < 4.78 is 5.41. The van der Waals surface area contributed by atoms with Crippen molar-refractivity contribution in [3.05, 3.63) is 83.9 Å². The van der Waals surface area contributed by atoms with Crippen molar-refractivity contribution < 1.29 is 29.3 Å². The molecule has 8 nitrogen and oxygen atoms in total. The minimum atomic E-state index is -1.34. The lowest BCUT2D eigenvalue weighted by molar-refractivity contribution is -0.139. The van der Waals surface area contributed by atoms with Crippen LogP contribution in [0.4, 0.5) is 10.5 Å². The predicted octanol–water partition coefficient (Wildman–Crippen LogP) is 3.71. The molecule has 3 aromatic carbocycles. The van der Waals surface area contributed by atoms with Gasteiger partial charge in [0.15, 0.2) is 0 Å². The number of anilines is 1. The molecule has 1 atom stereocenters. The van der Waals surface area contributed by atoms with Crippen LogP contribution in [0.5, 0.6) is 5.75 Å². The molecule has 168 valence electrons. The number of ether oxygens (including phenoxy) is 1. The Morgan fingerprint density at radius 1 is 0.879 bits per heavy atom. The molecular weight excluding hydrogens is 424 g/mol. The number of aliphatic carboxylic acids is 1. The lowest BCUT2D eigenvalue weighted by Gasteiger charge is -2.18. The van der Waals surface area contributed by atoms with Gasteiger partial charge in [-0.05, 0) is 46.5 Å². The fourth-order valence-corrected chi connectivity index (χ4v) is 3.94. The number of fused-ring (bicyclic) bond motifs is 3. The number of carbonyl (C=O) groups is 3. The van der Waals surface area contributed by atoms with Crippen LogP contribution in [0.3, 0.4) is 0 Å². The number of phenols is 1. The highest BCUT2D eigenvalue weighted by atomic mass is 16.5. The first-order chi connectivity index (χ1) is 15.9. The fraction of sp³-hybridized carbons (Fsp3) is 0.160. The van der Waals surface area contributed by atoms with Gasteiger partial charge in [0, 0.05) is 11.6 Å². The van der Waals surface area contributed by atoms with Crippen LogP contribution in [-0.2, 0) is 14.3 Å². The number of phenolic OH excluding ortho intramolecular Hbond substituents is 1. The van der Waals surface area contributed by atoms with E-state index in [9.17, 15) is 19.5 Å². The second kappa shape index (κ2) is 9.44. The normalized spacial score (nSPS) is 12.8. The predicted molar refractivity (Wildman–Crippen MR) is 121 cm³/mol. The summed E-state index contributed by atoms with van der Waals surface area (Å²) in [6, 6.07) is 20.1. The van der Waals surface area contributed by atoms with E-state index in [1.807, 2.05) is 48.5 Å². The van der Waals surface area contributed by atoms with Crippen LogP contribution in [0.1, 0.15) is 23.5 Å². The molecule has 2 amide bonds. The van der Waals surface area contributed by atoms with E-state index in [0.29, 0.717) is 5.69 Å². The van der Waals surface area contributed by atoms with Crippen LogP contribution in [0.25, 0.3) is 11.1 Å². The molecule has 0 spiro atoms. The molecule has 1 unspecified atom stereocenters. The monoisotopic (exact) mass is 446 g/mol. The summed E-state index contributed by atoms with van der Waals surface area (Å²) in [7, 11) is 0. The molecule has 0 saturated heterocycles. The number of hydrogen-bond donors (Lipinski definition) is 4. The van der Waals surface area contributed by atoms with Gasteiger partial charge in [-0.3, -0.25) is 9.59 Å². The highest BCUT2D eigenvalue weighted by Gasteiger charge is 2.30. The molecule has 3 aromatic rings. The van der Waals surface area contributed by atoms with Gasteiger partial charge < -0.3 is 25.6 Å². The van der Waals surface area contributed by atoms with Crippen LogP contribution in [0, 0.1) is 0 Å². The second-order valence-corrected chi connectivity index (χ2v) is 7.66. The molecule has 0 radical (unpaired) electrons. The highest BCUT2D eigenvalue weighted by Crippen LogP contribution is 2.44. The van der Waals surface area contributed by atoms with Gasteiger partial charge in [-0.2, -0.15) is 0 Å². The highest BCUT2D eigenvalue weighted by molar-refractivity contribution is 5.98. The number of alkyl carbamates (subject to hydrolysis) is 1. The molecule has 4 N–H and O–H groups in total. The first kappa shape index (κ1) is 21.9. The van der Waals surface area contributed by atoms with Crippen LogP contribution in [0.15, 0.2) is 72.8 Å². The molecule has 1 aliphatic rings. The number of benzene rings is 3. The minimum absolute atomic E-state index is 0.0202. The Bertz CT molecular complexity index is 1150. The molecule has 1 aliphatic carbocycles. The van der Waals surface area contributed by atoms with Crippen molar-refractivity contribution in [2.45, 2.75) is 18.4 Å². The quantitative estimate of drug-likeness (QED) is 0.410. The smallest absolute Gasteiger partial charge is 0.407 e. The van der Waals surface area contributed by atoms with Crippen molar-refractivity contribution in [2.75, 3.05) is 11.9 Å². The zero-order valence-electron chi connectivity index (χ0n) is 17.5. The largest absolute Gasteiger partial charge is 0.508 e. The van der Waals surface area contributed by atoms with Gasteiger partial charge in [-0.1, -0.05) is 48.5 Å². The molecule has 4 rings (SSSR count). The van der Waals surface area contributed by atoms with E-state index >= 15 is 0 Å². The van der Waals surface area contributed by atoms with Crippen LogP contribution < -0.4 is 10.6 Å². The lowest BCUT2D eigenvalue weighted by Crippen LogP contribution is -2.45. The van der Waals surface area contributed by atoms with E-state index in [1.54, 1.807) is 0 Å². The maximum atomic E-state index is 12.5. The first-order valence-electron chi connectivity index (χ1n) is 10.4. The van der Waals surface area contributed by atoms with Gasteiger partial charge in [0.05, 0.1) is 6.42 Å². The minimum Gasteiger partial charge on any atom is -0.508 e. The molecular formula is C25H22N2O6. The molecule has 0 bridgehead atoms. The third-order valence-corrected chi connectivity index (χ3v) is 5.47. The van der Waals surface area contributed by atoms with E-state index in [4.69, 9.17) is 9.84 Å². The number of hydrogen-bond acceptors (Lipinski definition) is 5. The topological polar surface area (TPSA) is 125 Å². The van der Waals surface area contributed by atoms with Gasteiger partial charge in [-0.25, -0.2) is 4.79 Å². The molecule has 0 heterocycles. The van der Waals surface area contributed by atoms with Crippen LogP contribution in [-0.4, -0.2) is 40.8 Å². The third kappa shape index (κ3) is 4.95. The summed E-state index contributed by atoms with van der Waals surface area (Å²) in [5, 5.41) is 23.4. The van der Waals surface area contributed by atoms with E-state index in [-0.39, 0.29) is 18.3 Å². The third-order valence-electron chi connectivity index (χ3n) is 5.47. The van der Waals surface area contributed by atoms with Crippen molar-refractivity contribution >= 4 is 23.7 Å².